The van der Waals surface area contributed by atoms with E-state index >= 15 is 0 Å². The molecule has 0 rings (SSSR count). The Hall–Kier alpha value is -1.41. The lowest BCUT2D eigenvalue weighted by atomic mass is 10.2. The maximum absolute atomic E-state index is 11.4. The van der Waals surface area contributed by atoms with E-state index in [0.29, 0.717) is 0 Å². The van der Waals surface area contributed by atoms with Crippen LogP contribution >= 0.6 is 0 Å². The molecule has 1 unspecified atom stereocenters. The zero-order valence-corrected chi connectivity index (χ0v) is 10.6. The fraction of sp³-hybridized carbons (Fsp3) is 0.556. The molecule has 0 fully saturated rings. The van der Waals surface area contributed by atoms with Crippen LogP contribution in [-0.2, 0) is 24.4 Å². The highest BCUT2D eigenvalue weighted by molar-refractivity contribution is 7.86. The Labute approximate surface area is 99.6 Å². The van der Waals surface area contributed by atoms with Gasteiger partial charge < -0.3 is 10.1 Å². The van der Waals surface area contributed by atoms with Crippen molar-refractivity contribution in [3.63, 3.8) is 0 Å². The summed E-state index contributed by atoms with van der Waals surface area (Å²) >= 11 is 0. The van der Waals surface area contributed by atoms with Crippen molar-refractivity contribution in [3.8, 4) is 0 Å². The van der Waals surface area contributed by atoms with E-state index in [2.05, 4.69) is 11.3 Å². The lowest BCUT2D eigenvalue weighted by Gasteiger charge is -2.19. The summed E-state index contributed by atoms with van der Waals surface area (Å²) in [6.07, 6.45) is 0. The number of rotatable bonds is 5. The molecule has 1 atom stereocenters. The first kappa shape index (κ1) is 15.6. The van der Waals surface area contributed by atoms with E-state index in [1.165, 1.54) is 13.8 Å². The Kier molecular flexibility index (Phi) is 5.30. The minimum absolute atomic E-state index is 0.535. The van der Waals surface area contributed by atoms with Crippen molar-refractivity contribution in [2.75, 3.05) is 0 Å². The maximum Gasteiger partial charge on any atom is 0.308 e. The Morgan fingerprint density at radius 3 is 2.12 bits per heavy atom. The molecule has 0 saturated carbocycles. The standard InChI is InChI=1S/C9H15NO6S/c1-5(2)9(17(13,14)15)10-8(12)6(3)16-7(4)11/h5,9H,3H2,1-2,4H3,(H,10,12)(H,13,14,15). The Bertz CT molecular complexity index is 425. The predicted molar refractivity (Wildman–Crippen MR) is 59.2 cm³/mol. The third kappa shape index (κ3) is 5.45. The molecule has 0 aromatic heterocycles. The average Bonchev–Trinajstić information content (AvgIpc) is 2.09. The summed E-state index contributed by atoms with van der Waals surface area (Å²) in [5, 5.41) is 0.524. The second-order valence-corrected chi connectivity index (χ2v) is 5.21. The van der Waals surface area contributed by atoms with Gasteiger partial charge in [-0.1, -0.05) is 20.4 Å². The van der Waals surface area contributed by atoms with Gasteiger partial charge in [-0.15, -0.1) is 0 Å². The number of esters is 1. The minimum atomic E-state index is -4.43. The summed E-state index contributed by atoms with van der Waals surface area (Å²) < 4.78 is 35.2. The minimum Gasteiger partial charge on any atom is -0.421 e. The molecule has 0 heterocycles. The lowest BCUT2D eigenvalue weighted by Crippen LogP contribution is -2.44. The molecule has 8 heteroatoms. The Morgan fingerprint density at radius 2 is 1.82 bits per heavy atom. The van der Waals surface area contributed by atoms with Crippen molar-refractivity contribution in [1.29, 1.82) is 0 Å². The van der Waals surface area contributed by atoms with Crippen LogP contribution in [-0.4, -0.2) is 30.2 Å². The van der Waals surface area contributed by atoms with E-state index in [-0.39, 0.29) is 0 Å². The number of amides is 1. The van der Waals surface area contributed by atoms with Gasteiger partial charge in [-0.25, -0.2) is 0 Å². The van der Waals surface area contributed by atoms with Crippen LogP contribution < -0.4 is 5.32 Å². The summed E-state index contributed by atoms with van der Waals surface area (Å²) in [6, 6.07) is 0. The zero-order chi connectivity index (χ0) is 13.8. The number of carbonyl (C=O) groups is 2. The number of hydrogen-bond acceptors (Lipinski definition) is 5. The molecule has 0 spiro atoms. The molecular formula is C9H15NO6S. The molecule has 17 heavy (non-hydrogen) atoms. The summed E-state index contributed by atoms with van der Waals surface area (Å²) in [5.74, 6) is -2.82. The number of nitrogens with one attached hydrogen (secondary N) is 1. The molecule has 0 aromatic rings. The molecule has 0 saturated heterocycles. The second-order valence-electron chi connectivity index (χ2n) is 3.67. The maximum atomic E-state index is 11.4. The molecule has 0 aliphatic rings. The van der Waals surface area contributed by atoms with E-state index < -0.39 is 39.0 Å². The largest absolute Gasteiger partial charge is 0.421 e. The average molecular weight is 265 g/mol. The zero-order valence-electron chi connectivity index (χ0n) is 9.76. The molecule has 1 amide bonds. The smallest absolute Gasteiger partial charge is 0.308 e. The SMILES string of the molecule is C=C(OC(C)=O)C(=O)NC(C(C)C)S(=O)(=O)O. The fourth-order valence-electron chi connectivity index (χ4n) is 1.01. The molecule has 0 aromatic carbocycles. The number of hydrogen-bond donors (Lipinski definition) is 2. The normalized spacial score (nSPS) is 13.0. The van der Waals surface area contributed by atoms with E-state index in [9.17, 15) is 18.0 Å². The van der Waals surface area contributed by atoms with Gasteiger partial charge in [0.05, 0.1) is 0 Å². The third-order valence-electron chi connectivity index (χ3n) is 1.72. The van der Waals surface area contributed by atoms with Gasteiger partial charge in [0.25, 0.3) is 16.0 Å². The predicted octanol–water partition coefficient (Wildman–Crippen LogP) is 0.0493. The van der Waals surface area contributed by atoms with Gasteiger partial charge in [-0.3, -0.25) is 14.1 Å². The topological polar surface area (TPSA) is 110 Å². The van der Waals surface area contributed by atoms with Gasteiger partial charge in [0.2, 0.25) is 0 Å². The van der Waals surface area contributed by atoms with Crippen LogP contribution in [0.3, 0.4) is 0 Å². The summed E-state index contributed by atoms with van der Waals surface area (Å²) in [6.45, 7) is 7.22. The van der Waals surface area contributed by atoms with Gasteiger partial charge >= 0.3 is 5.97 Å². The second kappa shape index (κ2) is 5.78. The van der Waals surface area contributed by atoms with E-state index in [4.69, 9.17) is 4.55 Å². The van der Waals surface area contributed by atoms with Gasteiger partial charge in [0.15, 0.2) is 11.1 Å². The van der Waals surface area contributed by atoms with Crippen LogP contribution in [0.25, 0.3) is 0 Å². The molecule has 0 aliphatic carbocycles. The first-order valence-electron chi connectivity index (χ1n) is 4.70. The van der Waals surface area contributed by atoms with Crippen molar-refractivity contribution in [2.24, 2.45) is 5.92 Å². The Balaban J connectivity index is 4.75. The monoisotopic (exact) mass is 265 g/mol. The highest BCUT2D eigenvalue weighted by atomic mass is 32.2. The van der Waals surface area contributed by atoms with Crippen LogP contribution in [0, 0.1) is 5.92 Å². The number of carbonyl (C=O) groups excluding carboxylic acids is 2. The summed E-state index contributed by atoms with van der Waals surface area (Å²) in [4.78, 5) is 21.9. The van der Waals surface area contributed by atoms with Crippen LogP contribution in [0.2, 0.25) is 0 Å². The molecule has 7 nitrogen and oxygen atoms in total. The summed E-state index contributed by atoms with van der Waals surface area (Å²) in [7, 11) is -4.43. The third-order valence-corrected chi connectivity index (χ3v) is 3.02. The van der Waals surface area contributed by atoms with Gasteiger partial charge in [0.1, 0.15) is 0 Å². The van der Waals surface area contributed by atoms with Crippen molar-refractivity contribution in [2.45, 2.75) is 26.1 Å². The first-order chi connectivity index (χ1) is 7.55. The first-order valence-corrected chi connectivity index (χ1v) is 6.20. The van der Waals surface area contributed by atoms with Gasteiger partial charge in [-0.05, 0) is 5.92 Å². The fourth-order valence-corrected chi connectivity index (χ4v) is 1.96. The van der Waals surface area contributed by atoms with E-state index in [1.54, 1.807) is 0 Å². The van der Waals surface area contributed by atoms with E-state index in [1.807, 2.05) is 5.32 Å². The van der Waals surface area contributed by atoms with Gasteiger partial charge in [-0.2, -0.15) is 8.42 Å². The molecule has 0 aliphatic heterocycles. The molecule has 0 bridgehead atoms. The van der Waals surface area contributed by atoms with Crippen LogP contribution in [0.15, 0.2) is 12.3 Å². The van der Waals surface area contributed by atoms with Crippen molar-refractivity contribution >= 4 is 22.0 Å². The van der Waals surface area contributed by atoms with Crippen LogP contribution in [0.1, 0.15) is 20.8 Å². The summed E-state index contributed by atoms with van der Waals surface area (Å²) in [5.41, 5.74) is 0. The Morgan fingerprint density at radius 1 is 1.35 bits per heavy atom. The van der Waals surface area contributed by atoms with Crippen molar-refractivity contribution < 1.29 is 27.3 Å². The van der Waals surface area contributed by atoms with Crippen molar-refractivity contribution in [3.05, 3.63) is 12.3 Å². The van der Waals surface area contributed by atoms with Gasteiger partial charge in [0, 0.05) is 6.92 Å². The molecular weight excluding hydrogens is 250 g/mol. The van der Waals surface area contributed by atoms with Crippen LogP contribution in [0.5, 0.6) is 0 Å². The van der Waals surface area contributed by atoms with Crippen LogP contribution in [0.4, 0.5) is 0 Å². The molecule has 0 radical (unpaired) electrons. The number of ether oxygens (including phenoxy) is 1. The molecule has 98 valence electrons. The highest BCUT2D eigenvalue weighted by Crippen LogP contribution is 2.09. The van der Waals surface area contributed by atoms with E-state index in [0.717, 1.165) is 6.92 Å². The van der Waals surface area contributed by atoms with Crippen molar-refractivity contribution in [1.82, 2.24) is 5.32 Å². The lowest BCUT2D eigenvalue weighted by molar-refractivity contribution is -0.140. The molecule has 2 N–H and O–H groups in total. The highest BCUT2D eigenvalue weighted by Gasteiger charge is 2.29. The quantitative estimate of drug-likeness (QED) is 0.314.